The number of rotatable bonds is 1. The molecule has 3 aromatic rings. The van der Waals surface area contributed by atoms with E-state index in [1.54, 1.807) is 25.5 Å². The molecule has 0 fully saturated rings. The van der Waals surface area contributed by atoms with Crippen molar-refractivity contribution in [2.45, 2.75) is 0 Å². The maximum absolute atomic E-state index is 14.0. The zero-order valence-corrected chi connectivity index (χ0v) is 11.1. The third-order valence-electron chi connectivity index (χ3n) is 3.40. The van der Waals surface area contributed by atoms with Crippen LogP contribution in [0.4, 0.5) is 14.5 Å². The van der Waals surface area contributed by atoms with Crippen molar-refractivity contribution in [3.63, 3.8) is 0 Å². The summed E-state index contributed by atoms with van der Waals surface area (Å²) in [7, 11) is 1.58. The highest BCUT2D eigenvalue weighted by molar-refractivity contribution is 5.83. The van der Waals surface area contributed by atoms with E-state index in [2.05, 4.69) is 4.98 Å². The fourth-order valence-corrected chi connectivity index (χ4v) is 2.29. The van der Waals surface area contributed by atoms with Gasteiger partial charge in [-0.3, -0.25) is 9.78 Å². The molecule has 106 valence electrons. The van der Waals surface area contributed by atoms with Gasteiger partial charge in [0.05, 0.1) is 16.8 Å². The Balaban J connectivity index is 2.38. The number of hydrogen-bond acceptors (Lipinski definition) is 3. The molecule has 0 aliphatic carbocycles. The van der Waals surface area contributed by atoms with E-state index in [1.807, 2.05) is 0 Å². The van der Waals surface area contributed by atoms with Crippen molar-refractivity contribution in [2.75, 3.05) is 5.73 Å². The molecule has 2 aromatic heterocycles. The van der Waals surface area contributed by atoms with Crippen molar-refractivity contribution in [3.8, 4) is 11.1 Å². The Hall–Kier alpha value is -2.76. The monoisotopic (exact) mass is 287 g/mol. The van der Waals surface area contributed by atoms with Crippen LogP contribution in [-0.2, 0) is 7.05 Å². The van der Waals surface area contributed by atoms with Gasteiger partial charge in [-0.25, -0.2) is 8.78 Å². The van der Waals surface area contributed by atoms with Crippen LogP contribution in [0, 0.1) is 11.6 Å². The number of benzene rings is 1. The zero-order chi connectivity index (χ0) is 15.1. The summed E-state index contributed by atoms with van der Waals surface area (Å²) in [4.78, 5) is 16.4. The van der Waals surface area contributed by atoms with Crippen LogP contribution < -0.4 is 11.3 Å². The smallest absolute Gasteiger partial charge is 0.258 e. The number of fused-ring (bicyclic) bond motifs is 1. The molecule has 6 heteroatoms. The van der Waals surface area contributed by atoms with Crippen LogP contribution in [0.15, 0.2) is 41.5 Å². The highest BCUT2D eigenvalue weighted by Crippen LogP contribution is 2.26. The Morgan fingerprint density at radius 2 is 1.90 bits per heavy atom. The van der Waals surface area contributed by atoms with Gasteiger partial charge >= 0.3 is 0 Å². The SMILES string of the molecule is Cn1c(=O)c(-c2cc(N)c(F)cc2F)cc2cnccc21. The van der Waals surface area contributed by atoms with Gasteiger partial charge in [-0.05, 0) is 18.2 Å². The van der Waals surface area contributed by atoms with E-state index < -0.39 is 17.2 Å². The molecule has 2 N–H and O–H groups in total. The van der Waals surface area contributed by atoms with E-state index in [0.29, 0.717) is 17.0 Å². The van der Waals surface area contributed by atoms with Gasteiger partial charge in [0, 0.05) is 36.5 Å². The molecule has 0 saturated carbocycles. The molecule has 0 radical (unpaired) electrons. The van der Waals surface area contributed by atoms with Crippen molar-refractivity contribution in [2.24, 2.45) is 7.05 Å². The van der Waals surface area contributed by atoms with Gasteiger partial charge in [-0.1, -0.05) is 0 Å². The molecular formula is C15H11F2N3O. The van der Waals surface area contributed by atoms with Crippen LogP contribution in [0.2, 0.25) is 0 Å². The van der Waals surface area contributed by atoms with Crippen LogP contribution in [-0.4, -0.2) is 9.55 Å². The zero-order valence-electron chi connectivity index (χ0n) is 11.1. The van der Waals surface area contributed by atoms with E-state index >= 15 is 0 Å². The van der Waals surface area contributed by atoms with Gasteiger partial charge in [0.15, 0.2) is 0 Å². The van der Waals surface area contributed by atoms with E-state index in [9.17, 15) is 13.6 Å². The average molecular weight is 287 g/mol. The summed E-state index contributed by atoms with van der Waals surface area (Å²) >= 11 is 0. The molecular weight excluding hydrogens is 276 g/mol. The largest absolute Gasteiger partial charge is 0.396 e. The predicted octanol–water partition coefficient (Wildman–Crippen LogP) is 2.46. The van der Waals surface area contributed by atoms with Crippen LogP contribution in [0.5, 0.6) is 0 Å². The number of halogens is 2. The summed E-state index contributed by atoms with van der Waals surface area (Å²) in [5.74, 6) is -1.68. The van der Waals surface area contributed by atoms with Gasteiger partial charge in [0.1, 0.15) is 11.6 Å². The summed E-state index contributed by atoms with van der Waals surface area (Å²) in [6.07, 6.45) is 3.14. The molecule has 0 aliphatic rings. The number of anilines is 1. The van der Waals surface area contributed by atoms with Crippen molar-refractivity contribution in [1.29, 1.82) is 0 Å². The Labute approximate surface area is 118 Å². The molecule has 3 rings (SSSR count). The van der Waals surface area contributed by atoms with Crippen LogP contribution in [0.25, 0.3) is 22.0 Å². The minimum absolute atomic E-state index is 0.0275. The number of pyridine rings is 2. The molecule has 1 aromatic carbocycles. The van der Waals surface area contributed by atoms with Crippen LogP contribution >= 0.6 is 0 Å². The van der Waals surface area contributed by atoms with Crippen LogP contribution in [0.3, 0.4) is 0 Å². The molecule has 0 spiro atoms. The highest BCUT2D eigenvalue weighted by atomic mass is 19.1. The minimum Gasteiger partial charge on any atom is -0.396 e. The molecule has 4 nitrogen and oxygen atoms in total. The Kier molecular flexibility index (Phi) is 2.94. The van der Waals surface area contributed by atoms with Crippen LogP contribution in [0.1, 0.15) is 0 Å². The number of nitrogen functional groups attached to an aromatic ring is 1. The quantitative estimate of drug-likeness (QED) is 0.699. The molecule has 0 bridgehead atoms. The van der Waals surface area contributed by atoms with E-state index in [0.717, 1.165) is 6.07 Å². The molecule has 0 atom stereocenters. The fraction of sp³-hybridized carbons (Fsp3) is 0.0667. The average Bonchev–Trinajstić information content (AvgIpc) is 2.47. The summed E-state index contributed by atoms with van der Waals surface area (Å²) in [5.41, 5.74) is 5.63. The minimum atomic E-state index is -0.851. The third kappa shape index (κ3) is 2.05. The van der Waals surface area contributed by atoms with Gasteiger partial charge in [-0.15, -0.1) is 0 Å². The van der Waals surface area contributed by atoms with Crippen molar-refractivity contribution >= 4 is 16.6 Å². The first-order valence-corrected chi connectivity index (χ1v) is 6.17. The molecule has 21 heavy (non-hydrogen) atoms. The summed E-state index contributed by atoms with van der Waals surface area (Å²) in [6, 6.07) is 5.03. The Morgan fingerprint density at radius 1 is 1.14 bits per heavy atom. The number of aryl methyl sites for hydroxylation is 1. The number of nitrogens with zero attached hydrogens (tertiary/aromatic N) is 2. The molecule has 0 aliphatic heterocycles. The highest BCUT2D eigenvalue weighted by Gasteiger charge is 2.15. The first-order valence-electron chi connectivity index (χ1n) is 6.17. The predicted molar refractivity (Wildman–Crippen MR) is 76.7 cm³/mol. The topological polar surface area (TPSA) is 60.9 Å². The molecule has 0 amide bonds. The van der Waals surface area contributed by atoms with E-state index in [4.69, 9.17) is 5.73 Å². The lowest BCUT2D eigenvalue weighted by Gasteiger charge is -2.10. The van der Waals surface area contributed by atoms with Crippen molar-refractivity contribution in [1.82, 2.24) is 9.55 Å². The standard InChI is InChI=1S/C15H11F2N3O/c1-20-14-2-3-19-7-8(14)4-10(15(20)21)9-5-13(18)12(17)6-11(9)16/h2-7H,18H2,1H3. The number of nitrogens with two attached hydrogens (primary N) is 1. The second-order valence-corrected chi connectivity index (χ2v) is 4.71. The van der Waals surface area contributed by atoms with Gasteiger partial charge in [-0.2, -0.15) is 0 Å². The second kappa shape index (κ2) is 4.66. The lowest BCUT2D eigenvalue weighted by molar-refractivity contribution is 0.588. The normalized spacial score (nSPS) is 11.0. The molecule has 0 saturated heterocycles. The summed E-state index contributed by atoms with van der Waals surface area (Å²) in [5, 5.41) is 0.678. The van der Waals surface area contributed by atoms with Crippen molar-refractivity contribution < 1.29 is 8.78 Å². The maximum atomic E-state index is 14.0. The second-order valence-electron chi connectivity index (χ2n) is 4.71. The number of hydrogen-bond donors (Lipinski definition) is 1. The van der Waals surface area contributed by atoms with E-state index in [1.165, 1.54) is 10.6 Å². The Bertz CT molecular complexity index is 919. The van der Waals surface area contributed by atoms with Gasteiger partial charge in [0.2, 0.25) is 0 Å². The summed E-state index contributed by atoms with van der Waals surface area (Å²) < 4.78 is 28.6. The maximum Gasteiger partial charge on any atom is 0.258 e. The van der Waals surface area contributed by atoms with E-state index in [-0.39, 0.29) is 16.8 Å². The third-order valence-corrected chi connectivity index (χ3v) is 3.40. The molecule has 0 unspecified atom stereocenters. The first-order chi connectivity index (χ1) is 9.99. The Morgan fingerprint density at radius 3 is 2.67 bits per heavy atom. The lowest BCUT2D eigenvalue weighted by Crippen LogP contribution is -2.19. The fourth-order valence-electron chi connectivity index (χ4n) is 2.29. The number of aromatic nitrogens is 2. The van der Waals surface area contributed by atoms with Gasteiger partial charge in [0.25, 0.3) is 5.56 Å². The molecule has 2 heterocycles. The summed E-state index contributed by atoms with van der Waals surface area (Å²) in [6.45, 7) is 0. The van der Waals surface area contributed by atoms with Gasteiger partial charge < -0.3 is 10.3 Å². The van der Waals surface area contributed by atoms with Crippen molar-refractivity contribution in [3.05, 3.63) is 58.6 Å². The lowest BCUT2D eigenvalue weighted by atomic mass is 10.0. The first kappa shape index (κ1) is 13.2.